The van der Waals surface area contributed by atoms with Gasteiger partial charge in [-0.25, -0.2) is 4.98 Å². The quantitative estimate of drug-likeness (QED) is 0.401. The predicted octanol–water partition coefficient (Wildman–Crippen LogP) is 6.70. The minimum absolute atomic E-state index is 1.04. The number of hydrogen-bond acceptors (Lipinski definition) is 3. The molecule has 2 aromatic carbocycles. The minimum atomic E-state index is 1.04. The number of rotatable bonds is 4. The molecular formula is C21H15NS2. The van der Waals surface area contributed by atoms with Gasteiger partial charge in [0.05, 0.1) is 10.2 Å². The highest BCUT2D eigenvalue weighted by atomic mass is 32.1. The lowest BCUT2D eigenvalue weighted by Gasteiger charge is -1.95. The molecule has 0 radical (unpaired) electrons. The summed E-state index contributed by atoms with van der Waals surface area (Å²) in [5.41, 5.74) is 3.46. The van der Waals surface area contributed by atoms with Crippen molar-refractivity contribution in [1.29, 1.82) is 0 Å². The van der Waals surface area contributed by atoms with E-state index in [4.69, 9.17) is 0 Å². The smallest absolute Gasteiger partial charge is 0.117 e. The number of hydrogen-bond donors (Lipinski definition) is 0. The molecule has 0 N–H and O–H groups in total. The first kappa shape index (κ1) is 15.1. The van der Waals surface area contributed by atoms with Gasteiger partial charge in [-0.1, -0.05) is 54.6 Å². The van der Waals surface area contributed by atoms with Gasteiger partial charge < -0.3 is 0 Å². The van der Waals surface area contributed by atoms with Crippen molar-refractivity contribution in [2.45, 2.75) is 0 Å². The lowest BCUT2D eigenvalue weighted by molar-refractivity contribution is 1.46. The fourth-order valence-corrected chi connectivity index (χ4v) is 3.90. The van der Waals surface area contributed by atoms with Crippen molar-refractivity contribution in [3.05, 3.63) is 87.1 Å². The monoisotopic (exact) mass is 345 g/mol. The van der Waals surface area contributed by atoms with Gasteiger partial charge in [0.25, 0.3) is 0 Å². The second kappa shape index (κ2) is 6.95. The number of para-hydroxylation sites is 1. The maximum absolute atomic E-state index is 4.62. The molecule has 0 atom stereocenters. The zero-order valence-corrected chi connectivity index (χ0v) is 14.6. The van der Waals surface area contributed by atoms with Crippen molar-refractivity contribution in [2.75, 3.05) is 0 Å². The van der Waals surface area contributed by atoms with Gasteiger partial charge >= 0.3 is 0 Å². The van der Waals surface area contributed by atoms with Crippen LogP contribution in [0.1, 0.15) is 21.0 Å². The maximum Gasteiger partial charge on any atom is 0.117 e. The van der Waals surface area contributed by atoms with E-state index in [0.29, 0.717) is 0 Å². The Hall–Kier alpha value is -2.49. The van der Waals surface area contributed by atoms with Crippen molar-refractivity contribution in [3.63, 3.8) is 0 Å². The molecule has 0 amide bonds. The lowest BCUT2D eigenvalue weighted by Crippen LogP contribution is -1.75. The molecule has 0 aliphatic carbocycles. The Morgan fingerprint density at radius 1 is 0.708 bits per heavy atom. The number of fused-ring (bicyclic) bond motifs is 1. The van der Waals surface area contributed by atoms with E-state index >= 15 is 0 Å². The molecule has 0 bridgehead atoms. The van der Waals surface area contributed by atoms with E-state index in [1.807, 2.05) is 6.07 Å². The van der Waals surface area contributed by atoms with Crippen molar-refractivity contribution in [1.82, 2.24) is 4.98 Å². The normalized spacial score (nSPS) is 11.8. The highest BCUT2D eigenvalue weighted by Gasteiger charge is 1.99. The second-order valence-electron chi connectivity index (χ2n) is 5.37. The summed E-state index contributed by atoms with van der Waals surface area (Å²) in [6.07, 6.45) is 8.50. The summed E-state index contributed by atoms with van der Waals surface area (Å²) in [6.45, 7) is 0. The Labute approximate surface area is 149 Å². The van der Waals surface area contributed by atoms with E-state index in [1.165, 1.54) is 20.7 Å². The van der Waals surface area contributed by atoms with E-state index < -0.39 is 0 Å². The van der Waals surface area contributed by atoms with Crippen LogP contribution < -0.4 is 0 Å². The first-order chi connectivity index (χ1) is 11.9. The number of nitrogens with zero attached hydrogens (tertiary/aromatic N) is 1. The fourth-order valence-electron chi connectivity index (χ4n) is 2.41. The van der Waals surface area contributed by atoms with E-state index in [2.05, 4.69) is 89.3 Å². The van der Waals surface area contributed by atoms with Crippen molar-refractivity contribution >= 4 is 57.2 Å². The topological polar surface area (TPSA) is 12.9 Å². The highest BCUT2D eigenvalue weighted by molar-refractivity contribution is 7.19. The largest absolute Gasteiger partial charge is 0.237 e. The van der Waals surface area contributed by atoms with Crippen LogP contribution in [0.15, 0.2) is 66.0 Å². The highest BCUT2D eigenvalue weighted by Crippen LogP contribution is 2.23. The third-order valence-corrected chi connectivity index (χ3v) is 5.49. The molecule has 4 rings (SSSR count). The van der Waals surface area contributed by atoms with Gasteiger partial charge in [-0.2, -0.15) is 0 Å². The molecular weight excluding hydrogens is 330 g/mol. The summed E-state index contributed by atoms with van der Waals surface area (Å²) in [4.78, 5) is 5.90. The Kier molecular flexibility index (Phi) is 4.36. The van der Waals surface area contributed by atoms with Crippen molar-refractivity contribution in [2.24, 2.45) is 0 Å². The molecule has 1 nitrogen and oxygen atoms in total. The summed E-state index contributed by atoms with van der Waals surface area (Å²) in [5, 5.41) is 3.13. The first-order valence-electron chi connectivity index (χ1n) is 7.72. The van der Waals surface area contributed by atoms with Gasteiger partial charge in [0.15, 0.2) is 0 Å². The molecule has 0 aliphatic rings. The van der Waals surface area contributed by atoms with Crippen LogP contribution in [0.4, 0.5) is 0 Å². The second-order valence-corrected chi connectivity index (χ2v) is 7.41. The molecule has 3 heteroatoms. The van der Waals surface area contributed by atoms with Crippen LogP contribution in [0.25, 0.3) is 34.5 Å². The van der Waals surface area contributed by atoms with Crippen LogP contribution in [0.5, 0.6) is 0 Å². The standard InChI is InChI=1S/C21H15NS2/c1-2-6-20-19(5-1)22-21(24-20)14-12-17-9-7-16(8-10-17)11-13-18-4-3-15-23-18/h1-15H. The molecule has 4 aromatic rings. The van der Waals surface area contributed by atoms with E-state index in [-0.39, 0.29) is 0 Å². The Morgan fingerprint density at radius 3 is 2.17 bits per heavy atom. The van der Waals surface area contributed by atoms with Crippen LogP contribution in [0, 0.1) is 0 Å². The molecule has 0 saturated heterocycles. The Balaban J connectivity index is 1.48. The van der Waals surface area contributed by atoms with E-state index in [1.54, 1.807) is 22.7 Å². The molecule has 2 heterocycles. The number of aromatic nitrogens is 1. The van der Waals surface area contributed by atoms with Crippen molar-refractivity contribution < 1.29 is 0 Å². The molecule has 0 unspecified atom stereocenters. The van der Waals surface area contributed by atoms with Gasteiger partial charge in [-0.3, -0.25) is 0 Å². The summed E-state index contributed by atoms with van der Waals surface area (Å²) in [7, 11) is 0. The van der Waals surface area contributed by atoms with Gasteiger partial charge in [0.2, 0.25) is 0 Å². The summed E-state index contributed by atoms with van der Waals surface area (Å²) in [6, 6.07) is 21.0. The Bertz CT molecular complexity index is 957. The minimum Gasteiger partial charge on any atom is -0.237 e. The van der Waals surface area contributed by atoms with Crippen LogP contribution in [0.2, 0.25) is 0 Å². The lowest BCUT2D eigenvalue weighted by atomic mass is 10.1. The van der Waals surface area contributed by atoms with E-state index in [0.717, 1.165) is 10.5 Å². The zero-order valence-electron chi connectivity index (χ0n) is 12.9. The molecule has 0 saturated carbocycles. The summed E-state index contributed by atoms with van der Waals surface area (Å²) < 4.78 is 1.23. The maximum atomic E-state index is 4.62. The van der Waals surface area contributed by atoms with Gasteiger partial charge in [0, 0.05) is 4.88 Å². The molecule has 116 valence electrons. The number of thiazole rings is 1. The van der Waals surface area contributed by atoms with Gasteiger partial charge in [-0.05, 0) is 46.9 Å². The van der Waals surface area contributed by atoms with Gasteiger partial charge in [-0.15, -0.1) is 22.7 Å². The van der Waals surface area contributed by atoms with Gasteiger partial charge in [0.1, 0.15) is 5.01 Å². The van der Waals surface area contributed by atoms with E-state index in [9.17, 15) is 0 Å². The fraction of sp³-hybridized carbons (Fsp3) is 0. The van der Waals surface area contributed by atoms with Crippen molar-refractivity contribution in [3.8, 4) is 0 Å². The first-order valence-corrected chi connectivity index (χ1v) is 9.42. The van der Waals surface area contributed by atoms with Crippen LogP contribution in [-0.4, -0.2) is 4.98 Å². The van der Waals surface area contributed by atoms with Crippen LogP contribution >= 0.6 is 22.7 Å². The summed E-state index contributed by atoms with van der Waals surface area (Å²) in [5.74, 6) is 0. The molecule has 0 fully saturated rings. The third-order valence-electron chi connectivity index (χ3n) is 3.65. The SMILES string of the molecule is C(=Cc1cccs1)c1ccc(C=Cc2nc3ccccc3s2)cc1. The predicted molar refractivity (Wildman–Crippen MR) is 108 cm³/mol. The zero-order chi connectivity index (χ0) is 16.2. The number of thiophene rings is 1. The summed E-state index contributed by atoms with van der Waals surface area (Å²) >= 11 is 3.47. The Morgan fingerprint density at radius 2 is 1.46 bits per heavy atom. The van der Waals surface area contributed by atoms with Crippen LogP contribution in [0.3, 0.4) is 0 Å². The average molecular weight is 345 g/mol. The average Bonchev–Trinajstić information content (AvgIpc) is 3.28. The molecule has 24 heavy (non-hydrogen) atoms. The molecule has 2 aromatic heterocycles. The molecule has 0 aliphatic heterocycles. The molecule has 0 spiro atoms. The number of benzene rings is 2. The third kappa shape index (κ3) is 3.53. The van der Waals surface area contributed by atoms with Crippen LogP contribution in [-0.2, 0) is 0 Å².